The number of primary amides is 1. The average Bonchev–Trinajstić information content (AvgIpc) is 3.07. The van der Waals surface area contributed by atoms with Gasteiger partial charge in [-0.2, -0.15) is 0 Å². The molecule has 8 heteroatoms. The van der Waals surface area contributed by atoms with Crippen molar-refractivity contribution in [1.29, 1.82) is 0 Å². The summed E-state index contributed by atoms with van der Waals surface area (Å²) in [6, 6.07) is 6.43. The summed E-state index contributed by atoms with van der Waals surface area (Å²) in [6.45, 7) is 1.58. The van der Waals surface area contributed by atoms with Crippen LogP contribution in [0.2, 0.25) is 0 Å². The zero-order valence-corrected chi connectivity index (χ0v) is 13.5. The van der Waals surface area contributed by atoms with Gasteiger partial charge < -0.3 is 15.5 Å². The smallest absolute Gasteiger partial charge is 0.264 e. The van der Waals surface area contributed by atoms with Crippen LogP contribution in [0.3, 0.4) is 0 Å². The van der Waals surface area contributed by atoms with Gasteiger partial charge in [-0.15, -0.1) is 11.3 Å². The van der Waals surface area contributed by atoms with Crippen LogP contribution < -0.4 is 10.6 Å². The third-order valence-corrected chi connectivity index (χ3v) is 4.96. The van der Waals surface area contributed by atoms with Crippen LogP contribution in [0.4, 0.5) is 14.5 Å². The lowest BCUT2D eigenvalue weighted by atomic mass is 10.2. The minimum Gasteiger partial charge on any atom is -0.366 e. The Bertz CT molecular complexity index is 785. The van der Waals surface area contributed by atoms with Crippen molar-refractivity contribution in [2.45, 2.75) is 0 Å². The van der Waals surface area contributed by atoms with Gasteiger partial charge in [0.05, 0.1) is 15.4 Å². The number of carbonyl (C=O) groups is 2. The summed E-state index contributed by atoms with van der Waals surface area (Å²) in [5.74, 6) is -1.74. The Balaban J connectivity index is 1.67. The number of carbonyl (C=O) groups excluding carboxylic acids is 2. The minimum atomic E-state index is -0.564. The second kappa shape index (κ2) is 6.56. The third-order valence-electron chi connectivity index (χ3n) is 3.88. The van der Waals surface area contributed by atoms with Crippen molar-refractivity contribution < 1.29 is 18.4 Å². The molecule has 2 N–H and O–H groups in total. The van der Waals surface area contributed by atoms with E-state index in [4.69, 9.17) is 5.73 Å². The summed E-state index contributed by atoms with van der Waals surface area (Å²) >= 11 is 1.06. The molecule has 5 nitrogen and oxygen atoms in total. The molecule has 126 valence electrons. The molecule has 2 amide bonds. The molecule has 0 saturated carbocycles. The monoisotopic (exact) mass is 351 g/mol. The van der Waals surface area contributed by atoms with E-state index in [0.717, 1.165) is 29.5 Å². The second-order valence-corrected chi connectivity index (χ2v) is 6.49. The number of nitrogens with two attached hydrogens (primary N) is 1. The molecule has 1 fully saturated rings. The highest BCUT2D eigenvalue weighted by Crippen LogP contribution is 2.23. The van der Waals surface area contributed by atoms with Crippen LogP contribution in [0.25, 0.3) is 0 Å². The molecule has 0 unspecified atom stereocenters. The van der Waals surface area contributed by atoms with Gasteiger partial charge in [-0.25, -0.2) is 8.78 Å². The Morgan fingerprint density at radius 1 is 1.00 bits per heavy atom. The number of nitrogens with zero attached hydrogens (tertiary/aromatic N) is 2. The maximum atomic E-state index is 13.8. The normalized spacial score (nSPS) is 14.8. The van der Waals surface area contributed by atoms with Gasteiger partial charge in [-0.05, 0) is 24.3 Å². The summed E-state index contributed by atoms with van der Waals surface area (Å²) in [7, 11) is 0. The highest BCUT2D eigenvalue weighted by atomic mass is 32.1. The van der Waals surface area contributed by atoms with Gasteiger partial charge in [0.1, 0.15) is 11.6 Å². The Morgan fingerprint density at radius 3 is 2.29 bits per heavy atom. The van der Waals surface area contributed by atoms with Crippen molar-refractivity contribution in [3.8, 4) is 0 Å². The first-order valence-electron chi connectivity index (χ1n) is 7.34. The quantitative estimate of drug-likeness (QED) is 0.921. The highest BCUT2D eigenvalue weighted by molar-refractivity contribution is 7.15. The molecule has 0 aliphatic carbocycles. The predicted molar refractivity (Wildman–Crippen MR) is 87.3 cm³/mol. The van der Waals surface area contributed by atoms with Crippen LogP contribution in [-0.4, -0.2) is 42.9 Å². The highest BCUT2D eigenvalue weighted by Gasteiger charge is 2.25. The number of thiophene rings is 1. The van der Waals surface area contributed by atoms with Gasteiger partial charge in [-0.1, -0.05) is 0 Å². The first-order valence-corrected chi connectivity index (χ1v) is 8.16. The Hall–Kier alpha value is -2.48. The van der Waals surface area contributed by atoms with Gasteiger partial charge >= 0.3 is 0 Å². The molecule has 1 aromatic carbocycles. The van der Waals surface area contributed by atoms with Gasteiger partial charge in [0.25, 0.3) is 11.8 Å². The van der Waals surface area contributed by atoms with E-state index in [1.54, 1.807) is 15.9 Å². The average molecular weight is 351 g/mol. The van der Waals surface area contributed by atoms with E-state index in [1.807, 2.05) is 0 Å². The maximum Gasteiger partial charge on any atom is 0.264 e. The second-order valence-electron chi connectivity index (χ2n) is 5.40. The van der Waals surface area contributed by atoms with E-state index in [-0.39, 0.29) is 11.6 Å². The van der Waals surface area contributed by atoms with E-state index in [1.165, 1.54) is 6.07 Å². The molecule has 1 aromatic heterocycles. The lowest BCUT2D eigenvalue weighted by Crippen LogP contribution is -2.48. The van der Waals surface area contributed by atoms with Crippen LogP contribution in [0.1, 0.15) is 19.3 Å². The van der Waals surface area contributed by atoms with Crippen molar-refractivity contribution in [3.63, 3.8) is 0 Å². The van der Waals surface area contributed by atoms with Crippen molar-refractivity contribution in [1.82, 2.24) is 4.90 Å². The van der Waals surface area contributed by atoms with Crippen molar-refractivity contribution in [2.75, 3.05) is 31.1 Å². The summed E-state index contributed by atoms with van der Waals surface area (Å²) in [6.07, 6.45) is 0. The van der Waals surface area contributed by atoms with Gasteiger partial charge in [0.15, 0.2) is 0 Å². The molecule has 3 rings (SSSR count). The molecular weight excluding hydrogens is 336 g/mol. The molecule has 1 aliphatic heterocycles. The lowest BCUT2D eigenvalue weighted by Gasteiger charge is -2.36. The molecule has 0 atom stereocenters. The molecular formula is C16H15F2N3O2S. The standard InChI is InChI=1S/C16H15F2N3O2S/c17-10-1-2-11(18)12(9-10)20-5-7-21(8-6-20)16(23)14-4-3-13(24-14)15(19)22/h1-4,9H,5-8H2,(H2,19,22). The third kappa shape index (κ3) is 3.23. The first-order chi connectivity index (χ1) is 11.5. The van der Waals surface area contributed by atoms with Crippen LogP contribution in [0.5, 0.6) is 0 Å². The molecule has 1 aliphatic rings. The largest absolute Gasteiger partial charge is 0.366 e. The summed E-state index contributed by atoms with van der Waals surface area (Å²) in [4.78, 5) is 27.7. The van der Waals surface area contributed by atoms with E-state index < -0.39 is 17.5 Å². The summed E-state index contributed by atoms with van der Waals surface area (Å²) < 4.78 is 27.1. The summed E-state index contributed by atoms with van der Waals surface area (Å²) in [5, 5.41) is 0. The first kappa shape index (κ1) is 16.4. The fourth-order valence-corrected chi connectivity index (χ4v) is 3.45. The Morgan fingerprint density at radius 2 is 1.67 bits per heavy atom. The van der Waals surface area contributed by atoms with E-state index in [2.05, 4.69) is 0 Å². The van der Waals surface area contributed by atoms with Crippen molar-refractivity contribution >= 4 is 28.8 Å². The number of rotatable bonds is 3. The molecule has 24 heavy (non-hydrogen) atoms. The number of piperazine rings is 1. The molecule has 0 bridgehead atoms. The number of hydrogen-bond donors (Lipinski definition) is 1. The zero-order chi connectivity index (χ0) is 17.3. The SMILES string of the molecule is NC(=O)c1ccc(C(=O)N2CCN(c3cc(F)ccc3F)CC2)s1. The van der Waals surface area contributed by atoms with Gasteiger partial charge in [0, 0.05) is 32.2 Å². The predicted octanol–water partition coefficient (Wildman–Crippen LogP) is 2.09. The summed E-state index contributed by atoms with van der Waals surface area (Å²) in [5.41, 5.74) is 5.39. The van der Waals surface area contributed by atoms with Gasteiger partial charge in [0.2, 0.25) is 0 Å². The Kier molecular flexibility index (Phi) is 4.48. The van der Waals surface area contributed by atoms with Crippen LogP contribution >= 0.6 is 11.3 Å². The molecule has 2 heterocycles. The number of benzene rings is 1. The van der Waals surface area contributed by atoms with E-state index >= 15 is 0 Å². The van der Waals surface area contributed by atoms with Crippen molar-refractivity contribution in [2.24, 2.45) is 5.73 Å². The van der Waals surface area contributed by atoms with Crippen molar-refractivity contribution in [3.05, 3.63) is 51.7 Å². The fourth-order valence-electron chi connectivity index (χ4n) is 2.62. The van der Waals surface area contributed by atoms with E-state index in [0.29, 0.717) is 35.9 Å². The molecule has 0 radical (unpaired) electrons. The van der Waals surface area contributed by atoms with Crippen LogP contribution in [-0.2, 0) is 0 Å². The number of amides is 2. The Labute approximate surface area is 141 Å². The fraction of sp³-hybridized carbons (Fsp3) is 0.250. The van der Waals surface area contributed by atoms with Crippen LogP contribution in [0.15, 0.2) is 30.3 Å². The zero-order valence-electron chi connectivity index (χ0n) is 12.7. The molecule has 0 spiro atoms. The minimum absolute atomic E-state index is 0.188. The van der Waals surface area contributed by atoms with Crippen LogP contribution in [0, 0.1) is 11.6 Å². The number of halogens is 2. The number of hydrogen-bond acceptors (Lipinski definition) is 4. The van der Waals surface area contributed by atoms with E-state index in [9.17, 15) is 18.4 Å². The molecule has 2 aromatic rings. The molecule has 1 saturated heterocycles. The topological polar surface area (TPSA) is 66.6 Å². The van der Waals surface area contributed by atoms with Gasteiger partial charge in [-0.3, -0.25) is 9.59 Å². The maximum absolute atomic E-state index is 13.8. The lowest BCUT2D eigenvalue weighted by molar-refractivity contribution is 0.0751. The number of anilines is 1.